The van der Waals surface area contributed by atoms with Crippen LogP contribution in [0, 0.1) is 0 Å². The fraction of sp³-hybridized carbons (Fsp3) is 0.500. The van der Waals surface area contributed by atoms with Gasteiger partial charge in [-0.15, -0.1) is 0 Å². The van der Waals surface area contributed by atoms with Gasteiger partial charge in [-0.05, 0) is 39.8 Å². The van der Waals surface area contributed by atoms with Crippen LogP contribution in [0.4, 0.5) is 10.5 Å². The lowest BCUT2D eigenvalue weighted by Crippen LogP contribution is -2.40. The van der Waals surface area contributed by atoms with E-state index in [1.165, 1.54) is 0 Å². The Morgan fingerprint density at radius 1 is 1.10 bits per heavy atom. The van der Waals surface area contributed by atoms with Gasteiger partial charge in [-0.1, -0.05) is 0 Å². The minimum absolute atomic E-state index is 0.120. The van der Waals surface area contributed by atoms with Gasteiger partial charge in [-0.25, -0.2) is 4.79 Å². The first-order chi connectivity index (χ1) is 14.2. The van der Waals surface area contributed by atoms with Crippen molar-refractivity contribution in [1.29, 1.82) is 0 Å². The monoisotopic (exact) mass is 421 g/mol. The Labute approximate surface area is 174 Å². The summed E-state index contributed by atoms with van der Waals surface area (Å²) >= 11 is 0. The molecule has 0 aliphatic carbocycles. The van der Waals surface area contributed by atoms with Crippen LogP contribution >= 0.6 is 0 Å². The van der Waals surface area contributed by atoms with Crippen molar-refractivity contribution in [3.05, 3.63) is 18.2 Å². The van der Waals surface area contributed by atoms with E-state index in [0.717, 1.165) is 4.90 Å². The summed E-state index contributed by atoms with van der Waals surface area (Å²) in [5.41, 5.74) is -0.539. The quantitative estimate of drug-likeness (QED) is 0.435. The van der Waals surface area contributed by atoms with Crippen LogP contribution in [0.1, 0.15) is 34.1 Å². The first-order valence-corrected chi connectivity index (χ1v) is 9.67. The average Bonchev–Trinajstić information content (AvgIpc) is 2.87. The highest BCUT2D eigenvalue weighted by atomic mass is 16.5. The van der Waals surface area contributed by atoms with E-state index < -0.39 is 36.0 Å². The zero-order valence-corrected chi connectivity index (χ0v) is 17.6. The fourth-order valence-electron chi connectivity index (χ4n) is 2.77. The van der Waals surface area contributed by atoms with Crippen LogP contribution in [-0.2, 0) is 19.1 Å². The van der Waals surface area contributed by atoms with Gasteiger partial charge >= 0.3 is 12.0 Å². The van der Waals surface area contributed by atoms with Crippen molar-refractivity contribution in [2.45, 2.75) is 39.7 Å². The van der Waals surface area contributed by atoms with Crippen LogP contribution in [0.5, 0.6) is 11.5 Å². The topological polar surface area (TPSA) is 123 Å². The predicted molar refractivity (Wildman–Crippen MR) is 107 cm³/mol. The van der Waals surface area contributed by atoms with E-state index in [2.05, 4.69) is 10.6 Å². The van der Waals surface area contributed by atoms with E-state index in [9.17, 15) is 19.2 Å². The van der Waals surface area contributed by atoms with Crippen molar-refractivity contribution < 1.29 is 33.4 Å². The van der Waals surface area contributed by atoms with Gasteiger partial charge in [0.2, 0.25) is 0 Å². The van der Waals surface area contributed by atoms with Crippen molar-refractivity contribution in [2.75, 3.05) is 31.7 Å². The third-order valence-corrected chi connectivity index (χ3v) is 4.18. The molecular formula is C20H27N3O7. The van der Waals surface area contributed by atoms with Gasteiger partial charge < -0.3 is 24.8 Å². The largest absolute Gasteiger partial charge is 0.490 e. The molecule has 0 saturated carbocycles. The number of amides is 4. The maximum atomic E-state index is 12.1. The summed E-state index contributed by atoms with van der Waals surface area (Å²) in [7, 11) is 0. The van der Waals surface area contributed by atoms with Crippen molar-refractivity contribution in [2.24, 2.45) is 0 Å². The van der Waals surface area contributed by atoms with E-state index >= 15 is 0 Å². The Balaban J connectivity index is 1.81. The van der Waals surface area contributed by atoms with E-state index in [1.807, 2.05) is 13.8 Å². The molecule has 0 radical (unpaired) electrons. The molecular weight excluding hydrogens is 394 g/mol. The number of hydrogen-bond donors (Lipinski definition) is 2. The van der Waals surface area contributed by atoms with E-state index in [0.29, 0.717) is 30.4 Å². The standard InChI is InChI=1S/C20H27N3O7/c1-5-28-14-8-7-13(11-15(14)29-6-2)21-16(24)12-30-17(25)9-10-23-18(26)20(3,4)22-19(23)27/h7-8,11H,5-6,9-10,12H2,1-4H3,(H,21,24)(H,22,27). The summed E-state index contributed by atoms with van der Waals surface area (Å²) in [5.74, 6) is -0.597. The Bertz CT molecular complexity index is 823. The number of imide groups is 1. The molecule has 10 nitrogen and oxygen atoms in total. The maximum absolute atomic E-state index is 12.1. The van der Waals surface area contributed by atoms with Crippen LogP contribution in [0.2, 0.25) is 0 Å². The number of nitrogens with one attached hydrogen (secondary N) is 2. The normalized spacial score (nSPS) is 14.9. The molecule has 0 spiro atoms. The van der Waals surface area contributed by atoms with Crippen LogP contribution in [0.3, 0.4) is 0 Å². The van der Waals surface area contributed by atoms with Gasteiger partial charge in [0, 0.05) is 18.3 Å². The molecule has 0 unspecified atom stereocenters. The number of nitrogens with zero attached hydrogens (tertiary/aromatic N) is 1. The molecule has 2 N–H and O–H groups in total. The molecule has 2 rings (SSSR count). The number of ether oxygens (including phenoxy) is 3. The molecule has 1 aromatic carbocycles. The Morgan fingerprint density at radius 3 is 2.37 bits per heavy atom. The summed E-state index contributed by atoms with van der Waals surface area (Å²) in [5, 5.41) is 5.13. The molecule has 1 aromatic rings. The Kier molecular flexibility index (Phi) is 7.62. The number of rotatable bonds is 10. The molecule has 30 heavy (non-hydrogen) atoms. The predicted octanol–water partition coefficient (Wildman–Crippen LogP) is 1.69. The smallest absolute Gasteiger partial charge is 0.325 e. The summed E-state index contributed by atoms with van der Waals surface area (Å²) in [4.78, 5) is 48.7. The van der Waals surface area contributed by atoms with Crippen LogP contribution in [0.15, 0.2) is 18.2 Å². The van der Waals surface area contributed by atoms with Gasteiger partial charge in [-0.3, -0.25) is 19.3 Å². The van der Waals surface area contributed by atoms with Crippen molar-refractivity contribution >= 4 is 29.5 Å². The summed E-state index contributed by atoms with van der Waals surface area (Å²) < 4.78 is 15.9. The second-order valence-electron chi connectivity index (χ2n) is 7.00. The zero-order chi connectivity index (χ0) is 22.3. The number of carbonyl (C=O) groups is 4. The molecule has 164 valence electrons. The van der Waals surface area contributed by atoms with Gasteiger partial charge in [0.1, 0.15) is 5.54 Å². The van der Waals surface area contributed by atoms with Gasteiger partial charge in [0.15, 0.2) is 18.1 Å². The average molecular weight is 421 g/mol. The third-order valence-electron chi connectivity index (χ3n) is 4.18. The van der Waals surface area contributed by atoms with Crippen molar-refractivity contribution in [3.63, 3.8) is 0 Å². The van der Waals surface area contributed by atoms with Crippen LogP contribution in [-0.4, -0.2) is 60.6 Å². The molecule has 1 aliphatic heterocycles. The highest BCUT2D eigenvalue weighted by Gasteiger charge is 2.44. The van der Waals surface area contributed by atoms with Crippen molar-refractivity contribution in [1.82, 2.24) is 10.2 Å². The first kappa shape index (κ1) is 23.0. The van der Waals surface area contributed by atoms with Gasteiger partial charge in [-0.2, -0.15) is 0 Å². The minimum Gasteiger partial charge on any atom is -0.490 e. The number of anilines is 1. The zero-order valence-electron chi connectivity index (χ0n) is 17.6. The highest BCUT2D eigenvalue weighted by molar-refractivity contribution is 6.06. The number of benzene rings is 1. The number of carbonyl (C=O) groups excluding carboxylic acids is 4. The molecule has 1 saturated heterocycles. The Hall–Kier alpha value is -3.30. The van der Waals surface area contributed by atoms with Gasteiger partial charge in [0.25, 0.3) is 11.8 Å². The summed E-state index contributed by atoms with van der Waals surface area (Å²) in [6, 6.07) is 4.38. The van der Waals surface area contributed by atoms with Crippen LogP contribution < -0.4 is 20.1 Å². The van der Waals surface area contributed by atoms with Crippen molar-refractivity contribution in [3.8, 4) is 11.5 Å². The molecule has 4 amide bonds. The summed E-state index contributed by atoms with van der Waals surface area (Å²) in [6.45, 7) is 7.13. The second-order valence-corrected chi connectivity index (χ2v) is 7.00. The molecule has 0 bridgehead atoms. The molecule has 1 aliphatic rings. The van der Waals surface area contributed by atoms with E-state index in [-0.39, 0.29) is 13.0 Å². The first-order valence-electron chi connectivity index (χ1n) is 9.67. The lowest BCUT2D eigenvalue weighted by Gasteiger charge is -2.15. The Morgan fingerprint density at radius 2 is 1.77 bits per heavy atom. The number of hydrogen-bond acceptors (Lipinski definition) is 7. The van der Waals surface area contributed by atoms with Crippen LogP contribution in [0.25, 0.3) is 0 Å². The second kappa shape index (κ2) is 9.95. The van der Waals surface area contributed by atoms with E-state index in [4.69, 9.17) is 14.2 Å². The SMILES string of the molecule is CCOc1ccc(NC(=O)COC(=O)CCN2C(=O)NC(C)(C)C2=O)cc1OCC. The molecule has 1 fully saturated rings. The third kappa shape index (κ3) is 5.85. The number of urea groups is 1. The summed E-state index contributed by atoms with van der Waals surface area (Å²) in [6.07, 6.45) is -0.208. The molecule has 0 aromatic heterocycles. The van der Waals surface area contributed by atoms with E-state index in [1.54, 1.807) is 32.0 Å². The molecule has 0 atom stereocenters. The number of esters is 1. The highest BCUT2D eigenvalue weighted by Crippen LogP contribution is 2.30. The fourth-order valence-corrected chi connectivity index (χ4v) is 2.77. The maximum Gasteiger partial charge on any atom is 0.325 e. The lowest BCUT2D eigenvalue weighted by atomic mass is 10.1. The lowest BCUT2D eigenvalue weighted by molar-refractivity contribution is -0.147. The minimum atomic E-state index is -1.00. The molecule has 10 heteroatoms. The molecule has 1 heterocycles. The van der Waals surface area contributed by atoms with Gasteiger partial charge in [0.05, 0.1) is 19.6 Å².